The van der Waals surface area contributed by atoms with Gasteiger partial charge in [-0.05, 0) is 68.5 Å². The molecular formula is C29H31N3O2. The predicted molar refractivity (Wildman–Crippen MR) is 135 cm³/mol. The first kappa shape index (κ1) is 22.2. The molecule has 2 aliphatic heterocycles. The van der Waals surface area contributed by atoms with Gasteiger partial charge in [0.05, 0.1) is 0 Å². The van der Waals surface area contributed by atoms with Crippen molar-refractivity contribution in [2.45, 2.75) is 44.8 Å². The molecule has 0 saturated carbocycles. The number of carbonyl (C=O) groups is 2. The summed E-state index contributed by atoms with van der Waals surface area (Å²) in [5.41, 5.74) is 4.64. The molecule has 2 unspecified atom stereocenters. The Labute approximate surface area is 201 Å². The minimum absolute atomic E-state index is 0.0635. The summed E-state index contributed by atoms with van der Waals surface area (Å²) in [6.45, 7) is 3.81. The van der Waals surface area contributed by atoms with E-state index in [9.17, 15) is 9.59 Å². The summed E-state index contributed by atoms with van der Waals surface area (Å²) in [5, 5.41) is 3.57. The standard InChI is InChI=1S/C29H31N3O2/c1-21(13-14-22-9-3-2-4-10-22)32-27(25-11-5-6-12-26(25)29(32)34)30-24-17-15-23(16-18-24)28(33)31-19-7-8-20-31/h2-6,9-12,15-18,21,27,30H,7-8,13-14,19-20H2,1H3. The van der Waals surface area contributed by atoms with Gasteiger partial charge in [-0.25, -0.2) is 0 Å². The highest BCUT2D eigenvalue weighted by atomic mass is 16.2. The molecule has 1 saturated heterocycles. The number of nitrogens with one attached hydrogen (secondary N) is 1. The van der Waals surface area contributed by atoms with Gasteiger partial charge >= 0.3 is 0 Å². The van der Waals surface area contributed by atoms with E-state index in [-0.39, 0.29) is 24.0 Å². The molecule has 0 aromatic heterocycles. The molecular weight excluding hydrogens is 422 g/mol. The van der Waals surface area contributed by atoms with Crippen LogP contribution in [-0.4, -0.2) is 40.7 Å². The Bertz CT molecular complexity index is 1150. The number of amides is 2. The van der Waals surface area contributed by atoms with Crippen LogP contribution >= 0.6 is 0 Å². The molecule has 0 spiro atoms. The van der Waals surface area contributed by atoms with Crippen LogP contribution in [0.25, 0.3) is 0 Å². The molecule has 2 heterocycles. The largest absolute Gasteiger partial charge is 0.361 e. The lowest BCUT2D eigenvalue weighted by Gasteiger charge is -2.32. The fraction of sp³-hybridized carbons (Fsp3) is 0.310. The first-order valence-electron chi connectivity index (χ1n) is 12.2. The van der Waals surface area contributed by atoms with Gasteiger partial charge in [-0.2, -0.15) is 0 Å². The van der Waals surface area contributed by atoms with Crippen LogP contribution in [0.1, 0.15) is 64.2 Å². The van der Waals surface area contributed by atoms with Gasteiger partial charge in [0, 0.05) is 41.5 Å². The molecule has 34 heavy (non-hydrogen) atoms. The SMILES string of the molecule is CC(CCc1ccccc1)N1C(=O)c2ccccc2C1Nc1ccc(C(=O)N2CCCC2)cc1. The molecule has 2 amide bonds. The lowest BCUT2D eigenvalue weighted by atomic mass is 10.0. The summed E-state index contributed by atoms with van der Waals surface area (Å²) >= 11 is 0. The molecule has 3 aromatic rings. The van der Waals surface area contributed by atoms with Gasteiger partial charge in [-0.1, -0.05) is 48.5 Å². The maximum atomic E-state index is 13.4. The Morgan fingerprint density at radius 2 is 1.62 bits per heavy atom. The third-order valence-corrected chi connectivity index (χ3v) is 7.00. The van der Waals surface area contributed by atoms with E-state index < -0.39 is 0 Å². The van der Waals surface area contributed by atoms with Gasteiger partial charge in [-0.3, -0.25) is 9.59 Å². The minimum Gasteiger partial charge on any atom is -0.361 e. The number of benzene rings is 3. The summed E-state index contributed by atoms with van der Waals surface area (Å²) in [6.07, 6.45) is 3.72. The van der Waals surface area contributed by atoms with E-state index >= 15 is 0 Å². The van der Waals surface area contributed by atoms with Crippen LogP contribution in [0.2, 0.25) is 0 Å². The van der Waals surface area contributed by atoms with Crippen LogP contribution in [0.5, 0.6) is 0 Å². The van der Waals surface area contributed by atoms with Crippen LogP contribution in [0.3, 0.4) is 0 Å². The molecule has 2 atom stereocenters. The number of fused-ring (bicyclic) bond motifs is 1. The fourth-order valence-corrected chi connectivity index (χ4v) is 5.07. The Morgan fingerprint density at radius 1 is 0.941 bits per heavy atom. The van der Waals surface area contributed by atoms with Gasteiger partial charge < -0.3 is 15.1 Å². The highest BCUT2D eigenvalue weighted by Crippen LogP contribution is 2.36. The summed E-state index contributed by atoms with van der Waals surface area (Å²) in [4.78, 5) is 30.0. The molecule has 1 N–H and O–H groups in total. The molecule has 174 valence electrons. The summed E-state index contributed by atoms with van der Waals surface area (Å²) in [7, 11) is 0. The van der Waals surface area contributed by atoms with E-state index in [1.165, 1.54) is 5.56 Å². The first-order valence-corrected chi connectivity index (χ1v) is 12.2. The van der Waals surface area contributed by atoms with E-state index in [0.29, 0.717) is 5.56 Å². The van der Waals surface area contributed by atoms with Crippen molar-refractivity contribution in [2.24, 2.45) is 0 Å². The van der Waals surface area contributed by atoms with Crippen molar-refractivity contribution in [3.63, 3.8) is 0 Å². The number of hydrogen-bond donors (Lipinski definition) is 1. The van der Waals surface area contributed by atoms with Crippen molar-refractivity contribution < 1.29 is 9.59 Å². The Balaban J connectivity index is 1.34. The van der Waals surface area contributed by atoms with Crippen molar-refractivity contribution in [1.82, 2.24) is 9.80 Å². The van der Waals surface area contributed by atoms with Gasteiger partial charge in [0.1, 0.15) is 6.17 Å². The highest BCUT2D eigenvalue weighted by Gasteiger charge is 2.39. The molecule has 0 radical (unpaired) electrons. The maximum absolute atomic E-state index is 13.4. The molecule has 5 nitrogen and oxygen atoms in total. The molecule has 1 fully saturated rings. The van der Waals surface area contributed by atoms with E-state index in [2.05, 4.69) is 36.5 Å². The zero-order valence-corrected chi connectivity index (χ0v) is 19.6. The lowest BCUT2D eigenvalue weighted by molar-refractivity contribution is 0.0659. The normalized spacial score (nSPS) is 18.1. The van der Waals surface area contributed by atoms with Crippen LogP contribution in [0.4, 0.5) is 5.69 Å². The van der Waals surface area contributed by atoms with Crippen LogP contribution in [0.15, 0.2) is 78.9 Å². The molecule has 3 aromatic carbocycles. The number of anilines is 1. The topological polar surface area (TPSA) is 52.7 Å². The Kier molecular flexibility index (Phi) is 6.35. The van der Waals surface area contributed by atoms with E-state index in [1.807, 2.05) is 64.4 Å². The quantitative estimate of drug-likeness (QED) is 0.513. The maximum Gasteiger partial charge on any atom is 0.256 e. The lowest BCUT2D eigenvalue weighted by Crippen LogP contribution is -2.39. The second-order valence-electron chi connectivity index (χ2n) is 9.30. The van der Waals surface area contributed by atoms with Crippen molar-refractivity contribution in [1.29, 1.82) is 0 Å². The van der Waals surface area contributed by atoms with Gasteiger partial charge in [-0.15, -0.1) is 0 Å². The second-order valence-corrected chi connectivity index (χ2v) is 9.30. The zero-order valence-electron chi connectivity index (χ0n) is 19.6. The number of aryl methyl sites for hydroxylation is 1. The van der Waals surface area contributed by atoms with Crippen molar-refractivity contribution in [3.05, 3.63) is 101 Å². The van der Waals surface area contributed by atoms with Crippen molar-refractivity contribution in [3.8, 4) is 0 Å². The molecule has 0 bridgehead atoms. The third-order valence-electron chi connectivity index (χ3n) is 7.00. The van der Waals surface area contributed by atoms with Crippen LogP contribution in [0, 0.1) is 0 Å². The average molecular weight is 454 g/mol. The smallest absolute Gasteiger partial charge is 0.256 e. The van der Waals surface area contributed by atoms with Crippen LogP contribution < -0.4 is 5.32 Å². The van der Waals surface area contributed by atoms with Gasteiger partial charge in [0.2, 0.25) is 0 Å². The predicted octanol–water partition coefficient (Wildman–Crippen LogP) is 5.51. The summed E-state index contributed by atoms with van der Waals surface area (Å²) in [5.74, 6) is 0.163. The number of rotatable bonds is 7. The molecule has 5 heteroatoms. The van der Waals surface area contributed by atoms with Crippen LogP contribution in [-0.2, 0) is 6.42 Å². The van der Waals surface area contributed by atoms with E-state index in [4.69, 9.17) is 0 Å². The minimum atomic E-state index is -0.241. The number of nitrogens with zero attached hydrogens (tertiary/aromatic N) is 2. The fourth-order valence-electron chi connectivity index (χ4n) is 5.07. The summed E-state index contributed by atoms with van der Waals surface area (Å²) in [6, 6.07) is 26.0. The molecule has 5 rings (SSSR count). The molecule has 2 aliphatic rings. The van der Waals surface area contributed by atoms with E-state index in [0.717, 1.165) is 55.6 Å². The van der Waals surface area contributed by atoms with Gasteiger partial charge in [0.15, 0.2) is 0 Å². The monoisotopic (exact) mass is 453 g/mol. The first-order chi connectivity index (χ1) is 16.6. The number of hydrogen-bond acceptors (Lipinski definition) is 3. The summed E-state index contributed by atoms with van der Waals surface area (Å²) < 4.78 is 0. The van der Waals surface area contributed by atoms with Crippen molar-refractivity contribution >= 4 is 17.5 Å². The Hall–Kier alpha value is -3.60. The van der Waals surface area contributed by atoms with Crippen molar-refractivity contribution in [2.75, 3.05) is 18.4 Å². The average Bonchev–Trinajstić information content (AvgIpc) is 3.51. The Morgan fingerprint density at radius 3 is 2.35 bits per heavy atom. The molecule has 0 aliphatic carbocycles. The number of carbonyl (C=O) groups excluding carboxylic acids is 2. The van der Waals surface area contributed by atoms with E-state index in [1.54, 1.807) is 0 Å². The second kappa shape index (κ2) is 9.72. The zero-order chi connectivity index (χ0) is 23.5. The number of likely N-dealkylation sites (tertiary alicyclic amines) is 1. The van der Waals surface area contributed by atoms with Gasteiger partial charge in [0.25, 0.3) is 11.8 Å². The third kappa shape index (κ3) is 4.43. The highest BCUT2D eigenvalue weighted by molar-refractivity contribution is 6.00.